The lowest BCUT2D eigenvalue weighted by Gasteiger charge is -2.18. The summed E-state index contributed by atoms with van der Waals surface area (Å²) in [5.41, 5.74) is 7.17. The maximum atomic E-state index is 12.4. The van der Waals surface area contributed by atoms with Crippen LogP contribution in [-0.4, -0.2) is 32.7 Å². The number of aryl methyl sites for hydroxylation is 1. The van der Waals surface area contributed by atoms with Crippen LogP contribution >= 0.6 is 12.4 Å². The summed E-state index contributed by atoms with van der Waals surface area (Å²) in [7, 11) is 3.14. The molecule has 1 amide bonds. The van der Waals surface area contributed by atoms with Crippen LogP contribution in [0.5, 0.6) is 11.5 Å². The molecule has 0 aromatic heterocycles. The molecule has 2 rings (SSSR count). The van der Waals surface area contributed by atoms with E-state index in [-0.39, 0.29) is 24.4 Å². The number of hydrogen-bond donors (Lipinski definition) is 2. The molecule has 21 heavy (non-hydrogen) atoms. The molecule has 0 bridgehead atoms. The first-order valence-electron chi connectivity index (χ1n) is 6.84. The summed E-state index contributed by atoms with van der Waals surface area (Å²) in [5, 5.41) is 3.01. The number of nitrogens with one attached hydrogen (secondary N) is 1. The molecule has 6 heteroatoms. The van der Waals surface area contributed by atoms with E-state index in [1.165, 1.54) is 0 Å². The number of ether oxygens (including phenoxy) is 2. The molecule has 0 radical (unpaired) electrons. The Bertz CT molecular complexity index is 504. The molecule has 1 unspecified atom stereocenters. The van der Waals surface area contributed by atoms with Crippen molar-refractivity contribution in [3.05, 3.63) is 23.3 Å². The Morgan fingerprint density at radius 1 is 1.33 bits per heavy atom. The molecular weight excluding hydrogens is 292 g/mol. The van der Waals surface area contributed by atoms with E-state index < -0.39 is 0 Å². The predicted octanol–water partition coefficient (Wildman–Crippen LogP) is 1.90. The van der Waals surface area contributed by atoms with Crippen molar-refractivity contribution in [2.45, 2.75) is 25.8 Å². The molecule has 118 valence electrons. The van der Waals surface area contributed by atoms with Crippen LogP contribution in [0.4, 0.5) is 0 Å². The van der Waals surface area contributed by atoms with E-state index in [1.54, 1.807) is 20.3 Å². The molecular formula is C15H23ClN2O3. The van der Waals surface area contributed by atoms with Gasteiger partial charge in [-0.05, 0) is 43.4 Å². The molecule has 3 N–H and O–H groups in total. The minimum Gasteiger partial charge on any atom is -0.493 e. The summed E-state index contributed by atoms with van der Waals surface area (Å²) in [4.78, 5) is 12.4. The zero-order valence-corrected chi connectivity index (χ0v) is 13.5. The Kier molecular flexibility index (Phi) is 6.30. The fraction of sp³-hybridized carbons (Fsp3) is 0.533. The SMILES string of the molecule is COc1cc(C)c(C(=O)NC(CN)C2CC2)cc1OC.Cl. The number of carbonyl (C=O) groups is 1. The van der Waals surface area contributed by atoms with Crippen molar-refractivity contribution in [3.8, 4) is 11.5 Å². The van der Waals surface area contributed by atoms with Gasteiger partial charge in [0.1, 0.15) is 0 Å². The Hall–Kier alpha value is -1.46. The van der Waals surface area contributed by atoms with Gasteiger partial charge >= 0.3 is 0 Å². The molecule has 1 aliphatic carbocycles. The van der Waals surface area contributed by atoms with Gasteiger partial charge in [-0.3, -0.25) is 4.79 Å². The third-order valence-electron chi connectivity index (χ3n) is 3.74. The predicted molar refractivity (Wildman–Crippen MR) is 84.6 cm³/mol. The van der Waals surface area contributed by atoms with E-state index in [4.69, 9.17) is 15.2 Å². The molecule has 1 fully saturated rings. The van der Waals surface area contributed by atoms with Crippen molar-refractivity contribution in [1.29, 1.82) is 0 Å². The van der Waals surface area contributed by atoms with Crippen molar-refractivity contribution in [3.63, 3.8) is 0 Å². The number of carbonyl (C=O) groups excluding carboxylic acids is 1. The number of nitrogens with two attached hydrogens (primary N) is 1. The molecule has 1 atom stereocenters. The third-order valence-corrected chi connectivity index (χ3v) is 3.74. The smallest absolute Gasteiger partial charge is 0.251 e. The summed E-state index contributed by atoms with van der Waals surface area (Å²) < 4.78 is 10.5. The fourth-order valence-corrected chi connectivity index (χ4v) is 2.34. The van der Waals surface area contributed by atoms with Gasteiger partial charge in [0.05, 0.1) is 14.2 Å². The van der Waals surface area contributed by atoms with E-state index in [0.717, 1.165) is 18.4 Å². The second-order valence-electron chi connectivity index (χ2n) is 5.18. The van der Waals surface area contributed by atoms with Crippen molar-refractivity contribution in [2.75, 3.05) is 20.8 Å². The van der Waals surface area contributed by atoms with Gasteiger partial charge in [0.15, 0.2) is 11.5 Å². The van der Waals surface area contributed by atoms with Crippen LogP contribution in [0, 0.1) is 12.8 Å². The molecule has 1 aromatic carbocycles. The summed E-state index contributed by atoms with van der Waals surface area (Å²) >= 11 is 0. The van der Waals surface area contributed by atoms with Gasteiger partial charge in [0.2, 0.25) is 0 Å². The lowest BCUT2D eigenvalue weighted by Crippen LogP contribution is -2.41. The largest absolute Gasteiger partial charge is 0.493 e. The van der Waals surface area contributed by atoms with E-state index in [2.05, 4.69) is 5.32 Å². The van der Waals surface area contributed by atoms with Crippen molar-refractivity contribution >= 4 is 18.3 Å². The molecule has 0 aliphatic heterocycles. The molecule has 1 aromatic rings. The highest BCUT2D eigenvalue weighted by molar-refractivity contribution is 5.96. The van der Waals surface area contributed by atoms with Gasteiger partial charge in [0.25, 0.3) is 5.91 Å². The van der Waals surface area contributed by atoms with Gasteiger partial charge in [-0.2, -0.15) is 0 Å². The van der Waals surface area contributed by atoms with E-state index >= 15 is 0 Å². The van der Waals surface area contributed by atoms with E-state index in [0.29, 0.717) is 29.5 Å². The molecule has 1 saturated carbocycles. The van der Waals surface area contributed by atoms with Crippen molar-refractivity contribution in [1.82, 2.24) is 5.32 Å². The van der Waals surface area contributed by atoms with Gasteiger partial charge in [-0.15, -0.1) is 12.4 Å². The topological polar surface area (TPSA) is 73.6 Å². The first kappa shape index (κ1) is 17.6. The van der Waals surface area contributed by atoms with Crippen LogP contribution in [0.15, 0.2) is 12.1 Å². The molecule has 0 heterocycles. The second kappa shape index (κ2) is 7.52. The zero-order valence-electron chi connectivity index (χ0n) is 12.6. The van der Waals surface area contributed by atoms with E-state index in [9.17, 15) is 4.79 Å². The first-order valence-corrected chi connectivity index (χ1v) is 6.84. The van der Waals surface area contributed by atoms with Gasteiger partial charge in [0, 0.05) is 18.2 Å². The van der Waals surface area contributed by atoms with Gasteiger partial charge in [-0.1, -0.05) is 0 Å². The number of amides is 1. The standard InChI is InChI=1S/C15H22N2O3.ClH/c1-9-6-13(19-2)14(20-3)7-11(9)15(18)17-12(8-16)10-4-5-10;/h6-7,10,12H,4-5,8,16H2,1-3H3,(H,17,18);1H. The lowest BCUT2D eigenvalue weighted by atomic mass is 10.1. The fourth-order valence-electron chi connectivity index (χ4n) is 2.34. The zero-order chi connectivity index (χ0) is 14.7. The first-order chi connectivity index (χ1) is 9.60. The quantitative estimate of drug-likeness (QED) is 0.841. The second-order valence-corrected chi connectivity index (χ2v) is 5.18. The summed E-state index contributed by atoms with van der Waals surface area (Å²) in [5.74, 6) is 1.60. The number of rotatable bonds is 6. The summed E-state index contributed by atoms with van der Waals surface area (Å²) in [6.45, 7) is 2.36. The maximum absolute atomic E-state index is 12.4. The number of hydrogen-bond acceptors (Lipinski definition) is 4. The molecule has 1 aliphatic rings. The normalized spacial score (nSPS) is 14.9. The Morgan fingerprint density at radius 3 is 2.38 bits per heavy atom. The Morgan fingerprint density at radius 2 is 1.90 bits per heavy atom. The highest BCUT2D eigenvalue weighted by atomic mass is 35.5. The summed E-state index contributed by atoms with van der Waals surface area (Å²) in [6.07, 6.45) is 2.29. The molecule has 0 saturated heterocycles. The Labute approximate surface area is 131 Å². The van der Waals surface area contributed by atoms with Gasteiger partial charge < -0.3 is 20.5 Å². The monoisotopic (exact) mass is 314 g/mol. The lowest BCUT2D eigenvalue weighted by molar-refractivity contribution is 0.0932. The number of methoxy groups -OCH3 is 2. The van der Waals surface area contributed by atoms with Crippen LogP contribution in [0.25, 0.3) is 0 Å². The minimum atomic E-state index is -0.106. The van der Waals surface area contributed by atoms with Crippen LogP contribution in [-0.2, 0) is 0 Å². The van der Waals surface area contributed by atoms with Crippen LogP contribution in [0.1, 0.15) is 28.8 Å². The Balaban J connectivity index is 0.00000220. The van der Waals surface area contributed by atoms with Crippen molar-refractivity contribution < 1.29 is 14.3 Å². The highest BCUT2D eigenvalue weighted by Gasteiger charge is 2.31. The van der Waals surface area contributed by atoms with Crippen molar-refractivity contribution in [2.24, 2.45) is 11.7 Å². The molecule has 5 nitrogen and oxygen atoms in total. The maximum Gasteiger partial charge on any atom is 0.251 e. The number of benzene rings is 1. The minimum absolute atomic E-state index is 0. The van der Waals surface area contributed by atoms with Crippen LogP contribution < -0.4 is 20.5 Å². The van der Waals surface area contributed by atoms with Crippen LogP contribution in [0.3, 0.4) is 0 Å². The average molecular weight is 315 g/mol. The molecule has 0 spiro atoms. The highest BCUT2D eigenvalue weighted by Crippen LogP contribution is 2.33. The van der Waals surface area contributed by atoms with E-state index in [1.807, 2.05) is 13.0 Å². The van der Waals surface area contributed by atoms with Gasteiger partial charge in [-0.25, -0.2) is 0 Å². The third kappa shape index (κ3) is 4.02. The number of halogens is 1. The summed E-state index contributed by atoms with van der Waals surface area (Å²) in [6, 6.07) is 3.58. The van der Waals surface area contributed by atoms with Crippen LogP contribution in [0.2, 0.25) is 0 Å². The average Bonchev–Trinajstić information content (AvgIpc) is 3.28.